The van der Waals surface area contributed by atoms with Gasteiger partial charge in [-0.15, -0.1) is 0 Å². The van der Waals surface area contributed by atoms with Gasteiger partial charge in [-0.3, -0.25) is 0 Å². The summed E-state index contributed by atoms with van der Waals surface area (Å²) in [5.74, 6) is -0.203. The molecule has 0 amide bonds. The van der Waals surface area contributed by atoms with Crippen LogP contribution in [0.5, 0.6) is 0 Å². The monoisotopic (exact) mass is 315 g/mol. The van der Waals surface area contributed by atoms with Crippen molar-refractivity contribution in [2.45, 2.75) is 38.4 Å². The summed E-state index contributed by atoms with van der Waals surface area (Å²) in [4.78, 5) is 0. The number of rotatable bonds is 3. The predicted octanol–water partition coefficient (Wildman–Crippen LogP) is 3.81. The summed E-state index contributed by atoms with van der Waals surface area (Å²) in [5.41, 5.74) is 0.422. The van der Waals surface area contributed by atoms with Crippen LogP contribution in [0.25, 0.3) is 0 Å². The van der Waals surface area contributed by atoms with E-state index in [0.29, 0.717) is 12.1 Å². The highest BCUT2D eigenvalue weighted by molar-refractivity contribution is 9.10. The van der Waals surface area contributed by atoms with Crippen molar-refractivity contribution in [1.82, 2.24) is 5.32 Å². The van der Waals surface area contributed by atoms with Crippen LogP contribution < -0.4 is 5.32 Å². The molecule has 2 rings (SSSR count). The number of hydrogen-bond acceptors (Lipinski definition) is 2. The number of halogens is 2. The molecule has 0 bridgehead atoms. The van der Waals surface area contributed by atoms with Crippen LogP contribution in [0.15, 0.2) is 22.7 Å². The molecule has 1 N–H and O–H groups in total. The normalized spacial score (nSPS) is 28.3. The van der Waals surface area contributed by atoms with Gasteiger partial charge >= 0.3 is 0 Å². The zero-order chi connectivity index (χ0) is 13.2. The van der Waals surface area contributed by atoms with Gasteiger partial charge in [-0.1, -0.05) is 29.3 Å². The van der Waals surface area contributed by atoms with E-state index in [2.05, 4.69) is 35.1 Å². The Morgan fingerprint density at radius 3 is 3.06 bits per heavy atom. The molecule has 2 nitrogen and oxygen atoms in total. The zero-order valence-corrected chi connectivity index (χ0v) is 12.4. The van der Waals surface area contributed by atoms with E-state index in [1.807, 2.05) is 0 Å². The van der Waals surface area contributed by atoms with Crippen molar-refractivity contribution in [1.29, 1.82) is 0 Å². The molecule has 2 atom stereocenters. The van der Waals surface area contributed by atoms with Crippen LogP contribution in [-0.4, -0.2) is 18.7 Å². The second kappa shape index (κ2) is 5.68. The van der Waals surface area contributed by atoms with Crippen molar-refractivity contribution in [2.75, 3.05) is 13.1 Å². The van der Waals surface area contributed by atoms with E-state index in [1.54, 1.807) is 12.1 Å². The Labute approximate surface area is 116 Å². The van der Waals surface area contributed by atoms with Gasteiger partial charge < -0.3 is 10.1 Å². The van der Waals surface area contributed by atoms with Crippen molar-refractivity contribution in [3.63, 3.8) is 0 Å². The van der Waals surface area contributed by atoms with E-state index >= 15 is 0 Å². The minimum Gasteiger partial charge on any atom is -0.365 e. The molecule has 0 saturated carbocycles. The highest BCUT2D eigenvalue weighted by Crippen LogP contribution is 2.32. The number of ether oxygens (including phenoxy) is 1. The van der Waals surface area contributed by atoms with Crippen molar-refractivity contribution in [2.24, 2.45) is 0 Å². The molecule has 0 spiro atoms. The lowest BCUT2D eigenvalue weighted by molar-refractivity contribution is -0.113. The molecule has 100 valence electrons. The van der Waals surface area contributed by atoms with Crippen LogP contribution >= 0.6 is 15.9 Å². The fourth-order valence-electron chi connectivity index (χ4n) is 2.51. The average Bonchev–Trinajstić information content (AvgIpc) is 2.32. The van der Waals surface area contributed by atoms with Crippen LogP contribution in [0, 0.1) is 5.82 Å². The highest BCUT2D eigenvalue weighted by Gasteiger charge is 2.33. The van der Waals surface area contributed by atoms with Gasteiger partial charge in [0.05, 0.1) is 11.7 Å². The maximum atomic E-state index is 13.9. The van der Waals surface area contributed by atoms with E-state index in [0.717, 1.165) is 23.9 Å². The molecule has 0 aliphatic carbocycles. The molecule has 1 aliphatic heterocycles. The summed E-state index contributed by atoms with van der Waals surface area (Å²) in [5, 5.41) is 3.35. The molecule has 1 aromatic carbocycles. The Morgan fingerprint density at radius 2 is 2.33 bits per heavy atom. The van der Waals surface area contributed by atoms with Crippen LogP contribution in [0.4, 0.5) is 4.39 Å². The molecule has 0 radical (unpaired) electrons. The van der Waals surface area contributed by atoms with Gasteiger partial charge in [0.1, 0.15) is 5.82 Å². The summed E-state index contributed by atoms with van der Waals surface area (Å²) in [6.45, 7) is 5.71. The molecule has 1 aliphatic rings. The number of benzene rings is 1. The second-order valence-corrected chi connectivity index (χ2v) is 6.02. The molecule has 0 aromatic heterocycles. The summed E-state index contributed by atoms with van der Waals surface area (Å²) in [7, 11) is 0. The summed E-state index contributed by atoms with van der Waals surface area (Å²) in [6.07, 6.45) is 1.82. The molecule has 1 heterocycles. The van der Waals surface area contributed by atoms with Gasteiger partial charge in [0, 0.05) is 23.1 Å². The van der Waals surface area contributed by atoms with Gasteiger partial charge in [-0.05, 0) is 31.5 Å². The summed E-state index contributed by atoms with van der Waals surface area (Å²) >= 11 is 3.38. The summed E-state index contributed by atoms with van der Waals surface area (Å²) < 4.78 is 20.9. The lowest BCUT2D eigenvalue weighted by atomic mass is 9.96. The minimum absolute atomic E-state index is 0.202. The first-order valence-electron chi connectivity index (χ1n) is 6.37. The van der Waals surface area contributed by atoms with Crippen molar-refractivity contribution < 1.29 is 9.13 Å². The lowest BCUT2D eigenvalue weighted by Gasteiger charge is -2.39. The maximum absolute atomic E-state index is 13.9. The van der Waals surface area contributed by atoms with E-state index in [-0.39, 0.29) is 17.5 Å². The average molecular weight is 316 g/mol. The third-order valence-electron chi connectivity index (χ3n) is 3.34. The first-order valence-corrected chi connectivity index (χ1v) is 7.17. The number of hydrogen-bond donors (Lipinski definition) is 1. The Bertz CT molecular complexity index is 422. The lowest BCUT2D eigenvalue weighted by Crippen LogP contribution is -2.49. The molecule has 18 heavy (non-hydrogen) atoms. The van der Waals surface area contributed by atoms with Gasteiger partial charge in [0.2, 0.25) is 0 Å². The first-order chi connectivity index (χ1) is 8.54. The molecule has 4 heteroatoms. The molecule has 2 unspecified atom stereocenters. The standard InChI is InChI=1S/C14H19BrFNO/c1-3-6-14(2)9-17-8-13(18-14)11-7-10(15)4-5-12(11)16/h4-5,7,13,17H,3,6,8-9H2,1-2H3. The Kier molecular flexibility index (Phi) is 4.41. The van der Waals surface area contributed by atoms with Crippen LogP contribution in [0.3, 0.4) is 0 Å². The van der Waals surface area contributed by atoms with Crippen LogP contribution in [-0.2, 0) is 4.74 Å². The third-order valence-corrected chi connectivity index (χ3v) is 3.83. The van der Waals surface area contributed by atoms with Crippen LogP contribution in [0.2, 0.25) is 0 Å². The molecule has 1 fully saturated rings. The molecular formula is C14H19BrFNO. The predicted molar refractivity (Wildman–Crippen MR) is 74.1 cm³/mol. The van der Waals surface area contributed by atoms with Gasteiger partial charge in [0.15, 0.2) is 0 Å². The number of morpholine rings is 1. The van der Waals surface area contributed by atoms with Crippen molar-refractivity contribution in [3.8, 4) is 0 Å². The Morgan fingerprint density at radius 1 is 1.56 bits per heavy atom. The second-order valence-electron chi connectivity index (χ2n) is 5.10. The van der Waals surface area contributed by atoms with E-state index < -0.39 is 0 Å². The smallest absolute Gasteiger partial charge is 0.129 e. The fourth-order valence-corrected chi connectivity index (χ4v) is 2.88. The zero-order valence-electron chi connectivity index (χ0n) is 10.8. The maximum Gasteiger partial charge on any atom is 0.129 e. The van der Waals surface area contributed by atoms with Crippen molar-refractivity contribution >= 4 is 15.9 Å². The Hall–Kier alpha value is -0.450. The first kappa shape index (κ1) is 14.0. The molecular weight excluding hydrogens is 297 g/mol. The Balaban J connectivity index is 2.20. The van der Waals surface area contributed by atoms with Gasteiger partial charge in [-0.25, -0.2) is 4.39 Å². The molecule has 1 saturated heterocycles. The topological polar surface area (TPSA) is 21.3 Å². The summed E-state index contributed by atoms with van der Waals surface area (Å²) in [6, 6.07) is 4.99. The van der Waals surface area contributed by atoms with E-state index in [4.69, 9.17) is 4.74 Å². The number of nitrogens with one attached hydrogen (secondary N) is 1. The van der Waals surface area contributed by atoms with Crippen molar-refractivity contribution in [3.05, 3.63) is 34.1 Å². The quantitative estimate of drug-likeness (QED) is 0.916. The SMILES string of the molecule is CCCC1(C)CNCC(c2cc(Br)ccc2F)O1. The van der Waals surface area contributed by atoms with Crippen LogP contribution in [0.1, 0.15) is 38.4 Å². The fraction of sp³-hybridized carbons (Fsp3) is 0.571. The van der Waals surface area contributed by atoms with E-state index in [1.165, 1.54) is 6.07 Å². The molecule has 1 aromatic rings. The van der Waals surface area contributed by atoms with Gasteiger partial charge in [-0.2, -0.15) is 0 Å². The third kappa shape index (κ3) is 3.11. The van der Waals surface area contributed by atoms with E-state index in [9.17, 15) is 4.39 Å². The highest BCUT2D eigenvalue weighted by atomic mass is 79.9. The van der Waals surface area contributed by atoms with Gasteiger partial charge in [0.25, 0.3) is 0 Å². The largest absolute Gasteiger partial charge is 0.365 e. The minimum atomic E-state index is -0.215.